The number of hydrogen-bond donors (Lipinski definition) is 3. The Balaban J connectivity index is 5.16. The molecule has 3 unspecified atom stereocenters. The lowest BCUT2D eigenvalue weighted by molar-refractivity contribution is -0.161. The molecule has 92 heavy (non-hydrogen) atoms. The van der Waals surface area contributed by atoms with Crippen LogP contribution in [0.2, 0.25) is 0 Å². The van der Waals surface area contributed by atoms with Gasteiger partial charge in [-0.05, 0) is 43.4 Å². The fourth-order valence-corrected chi connectivity index (χ4v) is 12.6. The number of phosphoric ester groups is 2. The molecule has 0 saturated carbocycles. The molecule has 0 radical (unpaired) electrons. The van der Waals surface area contributed by atoms with Gasteiger partial charge in [0.15, 0.2) is 12.2 Å². The van der Waals surface area contributed by atoms with E-state index in [2.05, 4.69) is 48.5 Å². The molecule has 19 heteroatoms. The van der Waals surface area contributed by atoms with Gasteiger partial charge in [-0.2, -0.15) is 0 Å². The lowest BCUT2D eigenvalue weighted by Gasteiger charge is -2.21. The SMILES string of the molecule is CCCCCCCC(=O)OC[C@H](COP(=O)(O)OC[C@H](O)COP(=O)(O)OC[C@@H](COC(=O)CCCCCCCCCCCCCCCCC(C)C)OC(=O)CCCCCCCCCCCCCCCCC(C)CC)OC(=O)CCCCCCCCCCCC(C)C. The molecule has 0 aliphatic heterocycles. The first-order valence-corrected chi connectivity index (χ1v) is 40.9. The van der Waals surface area contributed by atoms with Gasteiger partial charge in [-0.3, -0.25) is 37.3 Å². The number of aliphatic hydroxyl groups excluding tert-OH is 1. The van der Waals surface area contributed by atoms with Crippen molar-refractivity contribution >= 4 is 39.5 Å². The van der Waals surface area contributed by atoms with E-state index >= 15 is 0 Å². The summed E-state index contributed by atoms with van der Waals surface area (Å²) in [6.45, 7) is 11.8. The Morgan fingerprint density at radius 3 is 0.826 bits per heavy atom. The second-order valence-electron chi connectivity index (χ2n) is 27.5. The number of phosphoric acid groups is 2. The minimum Gasteiger partial charge on any atom is -0.462 e. The summed E-state index contributed by atoms with van der Waals surface area (Å²) >= 11 is 0. The van der Waals surface area contributed by atoms with Crippen molar-refractivity contribution in [1.82, 2.24) is 0 Å². The average Bonchev–Trinajstić information content (AvgIpc) is 1.71. The molecule has 0 rings (SSSR count). The highest BCUT2D eigenvalue weighted by Gasteiger charge is 2.30. The zero-order chi connectivity index (χ0) is 68.0. The molecular formula is C73H142O17P2. The summed E-state index contributed by atoms with van der Waals surface area (Å²) in [5, 5.41) is 10.6. The van der Waals surface area contributed by atoms with E-state index in [4.69, 9.17) is 37.0 Å². The maximum atomic E-state index is 13.1. The molecule has 0 aromatic rings. The van der Waals surface area contributed by atoms with E-state index in [0.29, 0.717) is 25.7 Å². The Kier molecular flexibility index (Phi) is 62.4. The Morgan fingerprint density at radius 2 is 0.554 bits per heavy atom. The van der Waals surface area contributed by atoms with Gasteiger partial charge in [0.2, 0.25) is 0 Å². The predicted octanol–water partition coefficient (Wildman–Crippen LogP) is 21.0. The Morgan fingerprint density at radius 1 is 0.315 bits per heavy atom. The van der Waals surface area contributed by atoms with Crippen LogP contribution in [0.1, 0.15) is 370 Å². The third kappa shape index (κ3) is 65.4. The lowest BCUT2D eigenvalue weighted by atomic mass is 9.99. The molecule has 0 bridgehead atoms. The van der Waals surface area contributed by atoms with Gasteiger partial charge >= 0.3 is 39.5 Å². The molecule has 0 aliphatic rings. The van der Waals surface area contributed by atoms with Crippen molar-refractivity contribution in [1.29, 1.82) is 0 Å². The van der Waals surface area contributed by atoms with Crippen LogP contribution in [0.4, 0.5) is 0 Å². The fraction of sp³-hybridized carbons (Fsp3) is 0.945. The summed E-state index contributed by atoms with van der Waals surface area (Å²) in [6.07, 6.45) is 48.9. The number of aliphatic hydroxyl groups is 1. The first kappa shape index (κ1) is 90.1. The Hall–Kier alpha value is -1.94. The third-order valence-corrected chi connectivity index (χ3v) is 19.1. The molecule has 0 fully saturated rings. The lowest BCUT2D eigenvalue weighted by Crippen LogP contribution is -2.30. The van der Waals surface area contributed by atoms with E-state index in [1.165, 1.54) is 173 Å². The number of unbranched alkanes of at least 4 members (excludes halogenated alkanes) is 38. The quantitative estimate of drug-likeness (QED) is 0.0222. The summed E-state index contributed by atoms with van der Waals surface area (Å²) < 4.78 is 68.2. The van der Waals surface area contributed by atoms with E-state index < -0.39 is 97.5 Å². The largest absolute Gasteiger partial charge is 0.472 e. The second kappa shape index (κ2) is 63.8. The standard InChI is InChI=1S/C73H142O17P2/c1-8-10-11-37-47-54-70(75)83-60-68(89-73(78)57-50-43-36-30-24-26-32-39-45-52-65(5)6)62-87-91(79,80)85-58-67(74)59-86-92(81,82)88-63-69(61-84-71(76)55-48-41-34-28-22-18-14-12-16-20-25-31-38-44-51-64(3)4)90-72(77)56-49-42-35-29-23-19-15-13-17-21-27-33-40-46-53-66(7)9-2/h64-69,74H,8-63H2,1-7H3,(H,79,80)(H,81,82)/t66?,67-,68+,69+/m0/s1. The molecule has 0 aromatic carbocycles. The van der Waals surface area contributed by atoms with Crippen LogP contribution in [0.25, 0.3) is 0 Å². The summed E-state index contributed by atoms with van der Waals surface area (Å²) in [5.41, 5.74) is 0. The molecule has 546 valence electrons. The van der Waals surface area contributed by atoms with Gasteiger partial charge in [-0.1, -0.05) is 318 Å². The number of rotatable bonds is 71. The van der Waals surface area contributed by atoms with Gasteiger partial charge in [0, 0.05) is 25.7 Å². The van der Waals surface area contributed by atoms with Crippen LogP contribution in [-0.4, -0.2) is 96.7 Å². The van der Waals surface area contributed by atoms with Crippen molar-refractivity contribution in [2.75, 3.05) is 39.6 Å². The highest BCUT2D eigenvalue weighted by atomic mass is 31.2. The highest BCUT2D eigenvalue weighted by molar-refractivity contribution is 7.47. The number of hydrogen-bond acceptors (Lipinski definition) is 15. The fourth-order valence-electron chi connectivity index (χ4n) is 11.0. The van der Waals surface area contributed by atoms with Crippen molar-refractivity contribution < 1.29 is 80.2 Å². The van der Waals surface area contributed by atoms with Crippen molar-refractivity contribution in [2.45, 2.75) is 388 Å². The third-order valence-electron chi connectivity index (χ3n) is 17.2. The topological polar surface area (TPSA) is 237 Å². The van der Waals surface area contributed by atoms with Gasteiger partial charge in [0.1, 0.15) is 19.3 Å². The van der Waals surface area contributed by atoms with Crippen LogP contribution < -0.4 is 0 Å². The summed E-state index contributed by atoms with van der Waals surface area (Å²) in [7, 11) is -9.90. The van der Waals surface area contributed by atoms with E-state index in [1.54, 1.807) is 0 Å². The minimum absolute atomic E-state index is 0.104. The normalized spacial score (nSPS) is 14.4. The van der Waals surface area contributed by atoms with Gasteiger partial charge in [-0.25, -0.2) is 9.13 Å². The van der Waals surface area contributed by atoms with E-state index in [0.717, 1.165) is 114 Å². The molecule has 0 aromatic heterocycles. The number of ether oxygens (including phenoxy) is 4. The maximum Gasteiger partial charge on any atom is 0.472 e. The van der Waals surface area contributed by atoms with Crippen molar-refractivity contribution in [2.24, 2.45) is 17.8 Å². The zero-order valence-electron chi connectivity index (χ0n) is 60.0. The van der Waals surface area contributed by atoms with E-state index in [-0.39, 0.29) is 25.7 Å². The van der Waals surface area contributed by atoms with Gasteiger partial charge in [0.25, 0.3) is 0 Å². The van der Waals surface area contributed by atoms with Gasteiger partial charge < -0.3 is 33.8 Å². The van der Waals surface area contributed by atoms with E-state index in [9.17, 15) is 43.2 Å². The highest BCUT2D eigenvalue weighted by Crippen LogP contribution is 2.45. The van der Waals surface area contributed by atoms with Crippen LogP contribution in [0.3, 0.4) is 0 Å². The summed E-state index contributed by atoms with van der Waals surface area (Å²) in [5.74, 6) is 0.249. The van der Waals surface area contributed by atoms with E-state index in [1.807, 2.05) is 0 Å². The molecule has 0 amide bonds. The molecule has 17 nitrogen and oxygen atoms in total. The first-order valence-electron chi connectivity index (χ1n) is 37.9. The van der Waals surface area contributed by atoms with Crippen LogP contribution in [0.15, 0.2) is 0 Å². The van der Waals surface area contributed by atoms with Crippen molar-refractivity contribution in [3.8, 4) is 0 Å². The van der Waals surface area contributed by atoms with Gasteiger partial charge in [-0.15, -0.1) is 0 Å². The summed E-state index contributed by atoms with van der Waals surface area (Å²) in [4.78, 5) is 72.4. The second-order valence-corrected chi connectivity index (χ2v) is 30.4. The minimum atomic E-state index is -4.95. The predicted molar refractivity (Wildman–Crippen MR) is 372 cm³/mol. The average molecular weight is 1350 g/mol. The van der Waals surface area contributed by atoms with Crippen LogP contribution >= 0.6 is 15.6 Å². The summed E-state index contributed by atoms with van der Waals surface area (Å²) in [6, 6.07) is 0. The maximum absolute atomic E-state index is 13.1. The van der Waals surface area contributed by atoms with Crippen LogP contribution in [0.5, 0.6) is 0 Å². The molecule has 0 aliphatic carbocycles. The Bertz CT molecular complexity index is 1800. The smallest absolute Gasteiger partial charge is 0.462 e. The van der Waals surface area contributed by atoms with Crippen molar-refractivity contribution in [3.05, 3.63) is 0 Å². The van der Waals surface area contributed by atoms with Gasteiger partial charge in [0.05, 0.1) is 26.4 Å². The molecule has 0 heterocycles. The molecular weight excluding hydrogens is 1210 g/mol. The molecule has 0 spiro atoms. The van der Waals surface area contributed by atoms with Crippen molar-refractivity contribution in [3.63, 3.8) is 0 Å². The number of carbonyl (C=O) groups excluding carboxylic acids is 4. The number of carbonyl (C=O) groups is 4. The Labute approximate surface area is 562 Å². The first-order chi connectivity index (χ1) is 44.3. The molecule has 3 N–H and O–H groups in total. The van der Waals surface area contributed by atoms with Crippen LogP contribution in [0, 0.1) is 17.8 Å². The molecule has 0 saturated heterocycles. The van der Waals surface area contributed by atoms with Crippen LogP contribution in [-0.2, 0) is 65.4 Å². The zero-order valence-corrected chi connectivity index (χ0v) is 61.8. The molecule has 6 atom stereocenters. The number of esters is 4. The monoisotopic (exact) mass is 1350 g/mol.